The van der Waals surface area contributed by atoms with E-state index in [2.05, 4.69) is 10.8 Å². The number of carbonyl (C=O) groups is 2. The molecular weight excluding hydrogens is 480 g/mol. The quantitative estimate of drug-likeness (QED) is 0.465. The standard InChI is InChI=1S/C23H15Cl2F3N2O3/c24-14-9-13(10-15(25)11-14)22(23(26,27)28)12-20(30-33-22)18-5-6-19(21(32)29-7-8-31)17-4-2-1-3-16(17)18/h1-6,8-12,30H,7H2,(H,29,32). The van der Waals surface area contributed by atoms with Crippen molar-refractivity contribution >= 4 is 51.9 Å². The number of aldehydes is 1. The summed E-state index contributed by atoms with van der Waals surface area (Å²) in [5, 5.41) is 3.53. The number of amides is 1. The summed E-state index contributed by atoms with van der Waals surface area (Å²) in [5.41, 5.74) is -0.0140. The number of hydrogen-bond donors (Lipinski definition) is 2. The number of rotatable bonds is 5. The summed E-state index contributed by atoms with van der Waals surface area (Å²) in [7, 11) is 0. The first-order valence-electron chi connectivity index (χ1n) is 9.60. The Morgan fingerprint density at radius 1 is 1.06 bits per heavy atom. The minimum Gasteiger partial charge on any atom is -0.345 e. The van der Waals surface area contributed by atoms with Crippen LogP contribution >= 0.6 is 23.2 Å². The number of alkyl halides is 3. The summed E-state index contributed by atoms with van der Waals surface area (Å²) in [5.74, 6) is -0.479. The van der Waals surface area contributed by atoms with Gasteiger partial charge in [0.2, 0.25) is 5.60 Å². The van der Waals surface area contributed by atoms with Crippen LogP contribution in [0.1, 0.15) is 21.5 Å². The van der Waals surface area contributed by atoms with E-state index in [1.165, 1.54) is 18.2 Å². The Bertz CT molecular complexity index is 1270. The van der Waals surface area contributed by atoms with Crippen molar-refractivity contribution in [3.8, 4) is 0 Å². The zero-order valence-corrected chi connectivity index (χ0v) is 18.2. The molecule has 33 heavy (non-hydrogen) atoms. The van der Waals surface area contributed by atoms with Gasteiger partial charge in [0.25, 0.3) is 5.91 Å². The molecule has 1 unspecified atom stereocenters. The van der Waals surface area contributed by atoms with Crippen LogP contribution in [-0.2, 0) is 15.2 Å². The highest BCUT2D eigenvalue weighted by molar-refractivity contribution is 6.34. The molecule has 1 atom stereocenters. The van der Waals surface area contributed by atoms with E-state index in [4.69, 9.17) is 28.0 Å². The monoisotopic (exact) mass is 494 g/mol. The third-order valence-corrected chi connectivity index (χ3v) is 5.62. The number of hydrogen-bond acceptors (Lipinski definition) is 4. The van der Waals surface area contributed by atoms with E-state index < -0.39 is 17.7 Å². The number of carbonyl (C=O) groups excluding carboxylic acids is 2. The minimum absolute atomic E-state index is 0.0303. The smallest absolute Gasteiger partial charge is 0.345 e. The van der Waals surface area contributed by atoms with Crippen molar-refractivity contribution in [1.29, 1.82) is 0 Å². The van der Waals surface area contributed by atoms with E-state index in [-0.39, 0.29) is 33.4 Å². The molecule has 2 N–H and O–H groups in total. The van der Waals surface area contributed by atoms with E-state index in [1.807, 2.05) is 0 Å². The van der Waals surface area contributed by atoms with Crippen LogP contribution in [-0.4, -0.2) is 24.9 Å². The number of nitrogens with one attached hydrogen (secondary N) is 2. The Labute approximate surface area is 196 Å². The first kappa shape index (κ1) is 23.1. The molecule has 5 nitrogen and oxygen atoms in total. The van der Waals surface area contributed by atoms with Crippen LogP contribution in [0.3, 0.4) is 0 Å². The lowest BCUT2D eigenvalue weighted by Gasteiger charge is -2.28. The molecule has 4 rings (SSSR count). The van der Waals surface area contributed by atoms with Gasteiger partial charge in [-0.25, -0.2) is 0 Å². The maximum absolute atomic E-state index is 14.3. The van der Waals surface area contributed by atoms with Crippen molar-refractivity contribution < 1.29 is 27.6 Å². The maximum atomic E-state index is 14.3. The second-order valence-electron chi connectivity index (χ2n) is 7.24. The van der Waals surface area contributed by atoms with Crippen molar-refractivity contribution in [3.63, 3.8) is 0 Å². The van der Waals surface area contributed by atoms with Gasteiger partial charge in [0.15, 0.2) is 0 Å². The van der Waals surface area contributed by atoms with Gasteiger partial charge in [-0.2, -0.15) is 13.2 Å². The van der Waals surface area contributed by atoms with Crippen LogP contribution < -0.4 is 10.8 Å². The summed E-state index contributed by atoms with van der Waals surface area (Å²) in [6.07, 6.45) is -3.37. The van der Waals surface area contributed by atoms with E-state index in [0.717, 1.165) is 18.2 Å². The molecule has 0 spiro atoms. The van der Waals surface area contributed by atoms with E-state index in [0.29, 0.717) is 22.6 Å². The second kappa shape index (κ2) is 8.70. The second-order valence-corrected chi connectivity index (χ2v) is 8.11. The van der Waals surface area contributed by atoms with E-state index >= 15 is 0 Å². The Hall–Kier alpha value is -3.07. The predicted molar refractivity (Wildman–Crippen MR) is 119 cm³/mol. The van der Waals surface area contributed by atoms with Crippen molar-refractivity contribution in [3.05, 3.63) is 87.4 Å². The van der Waals surface area contributed by atoms with Crippen molar-refractivity contribution in [2.24, 2.45) is 0 Å². The molecule has 0 aromatic heterocycles. The van der Waals surface area contributed by atoms with Gasteiger partial charge >= 0.3 is 6.18 Å². The third kappa shape index (κ3) is 4.17. The molecule has 0 saturated carbocycles. The molecule has 1 amide bonds. The largest absolute Gasteiger partial charge is 0.428 e. The molecule has 1 aliphatic rings. The van der Waals surface area contributed by atoms with Crippen LogP contribution in [0.15, 0.2) is 60.7 Å². The van der Waals surface area contributed by atoms with Gasteiger partial charge in [-0.15, -0.1) is 0 Å². The molecule has 0 radical (unpaired) electrons. The molecule has 1 aliphatic heterocycles. The summed E-state index contributed by atoms with van der Waals surface area (Å²) in [6.45, 7) is -0.161. The molecular formula is C23H15Cl2F3N2O3. The lowest BCUT2D eigenvalue weighted by molar-refractivity contribution is -0.269. The number of hydroxylamine groups is 1. The number of benzene rings is 3. The fourth-order valence-corrected chi connectivity index (χ4v) is 4.23. The lowest BCUT2D eigenvalue weighted by atomic mass is 9.90. The average molecular weight is 495 g/mol. The van der Waals surface area contributed by atoms with E-state index in [9.17, 15) is 22.8 Å². The third-order valence-electron chi connectivity index (χ3n) is 5.19. The first-order chi connectivity index (χ1) is 15.7. The van der Waals surface area contributed by atoms with Gasteiger partial charge in [-0.05, 0) is 41.1 Å². The SMILES string of the molecule is O=CCNC(=O)c1ccc(C2=CC(c3cc(Cl)cc(Cl)c3)(C(F)(F)F)ON2)c2ccccc12. The zero-order valence-electron chi connectivity index (χ0n) is 16.7. The highest BCUT2D eigenvalue weighted by atomic mass is 35.5. The molecule has 3 aromatic rings. The zero-order chi connectivity index (χ0) is 23.8. The van der Waals surface area contributed by atoms with Crippen LogP contribution in [0, 0.1) is 0 Å². The fraction of sp³-hybridized carbons (Fsp3) is 0.130. The molecule has 0 aliphatic carbocycles. The van der Waals surface area contributed by atoms with Crippen LogP contribution in [0.2, 0.25) is 10.0 Å². The van der Waals surface area contributed by atoms with E-state index in [1.54, 1.807) is 24.3 Å². The van der Waals surface area contributed by atoms with Gasteiger partial charge in [0.05, 0.1) is 12.2 Å². The van der Waals surface area contributed by atoms with Gasteiger partial charge in [-0.3, -0.25) is 15.1 Å². The predicted octanol–water partition coefficient (Wildman–Crippen LogP) is 5.41. The fourth-order valence-electron chi connectivity index (χ4n) is 3.71. The van der Waals surface area contributed by atoms with Crippen LogP contribution in [0.5, 0.6) is 0 Å². The Morgan fingerprint density at radius 3 is 2.36 bits per heavy atom. The first-order valence-corrected chi connectivity index (χ1v) is 10.4. The summed E-state index contributed by atoms with van der Waals surface area (Å²) in [4.78, 5) is 28.2. The molecule has 3 aromatic carbocycles. The maximum Gasteiger partial charge on any atom is 0.428 e. The van der Waals surface area contributed by atoms with Crippen LogP contribution in [0.4, 0.5) is 13.2 Å². The van der Waals surface area contributed by atoms with Crippen molar-refractivity contribution in [2.45, 2.75) is 11.8 Å². The summed E-state index contributed by atoms with van der Waals surface area (Å²) in [6, 6.07) is 13.3. The molecule has 0 bridgehead atoms. The Kier molecular flexibility index (Phi) is 6.09. The Balaban J connectivity index is 1.87. The summed E-state index contributed by atoms with van der Waals surface area (Å²) >= 11 is 11.9. The van der Waals surface area contributed by atoms with Crippen molar-refractivity contribution in [2.75, 3.05) is 6.54 Å². The van der Waals surface area contributed by atoms with Gasteiger partial charge in [0, 0.05) is 26.7 Å². The minimum atomic E-state index is -4.85. The molecule has 1 heterocycles. The topological polar surface area (TPSA) is 67.4 Å². The molecule has 10 heteroatoms. The lowest BCUT2D eigenvalue weighted by Crippen LogP contribution is -2.42. The van der Waals surface area contributed by atoms with Crippen molar-refractivity contribution in [1.82, 2.24) is 10.8 Å². The van der Waals surface area contributed by atoms with Gasteiger partial charge in [-0.1, -0.05) is 53.5 Å². The van der Waals surface area contributed by atoms with Crippen LogP contribution in [0.25, 0.3) is 16.5 Å². The Morgan fingerprint density at radius 2 is 1.73 bits per heavy atom. The molecule has 170 valence electrons. The number of fused-ring (bicyclic) bond motifs is 1. The van der Waals surface area contributed by atoms with Gasteiger partial charge < -0.3 is 10.1 Å². The normalized spacial score (nSPS) is 18.0. The molecule has 0 fully saturated rings. The molecule has 0 saturated heterocycles. The van der Waals surface area contributed by atoms with Gasteiger partial charge in [0.1, 0.15) is 6.29 Å². The average Bonchev–Trinajstić information content (AvgIpc) is 3.23. The number of halogens is 5. The highest BCUT2D eigenvalue weighted by Gasteiger charge is 2.59. The highest BCUT2D eigenvalue weighted by Crippen LogP contribution is 2.48. The summed E-state index contributed by atoms with van der Waals surface area (Å²) < 4.78 is 42.8.